The fraction of sp³-hybridized carbons (Fsp3) is 0.385. The second-order valence-corrected chi connectivity index (χ2v) is 13.7. The quantitative estimate of drug-likeness (QED) is 0.205. The summed E-state index contributed by atoms with van der Waals surface area (Å²) >= 11 is 0. The lowest BCUT2D eigenvalue weighted by Gasteiger charge is -2.34. The van der Waals surface area contributed by atoms with Crippen molar-refractivity contribution in [2.45, 2.75) is 25.3 Å². The minimum atomic E-state index is -0.300. The molecule has 5 aromatic rings. The van der Waals surface area contributed by atoms with Crippen molar-refractivity contribution in [3.05, 3.63) is 90.1 Å². The number of aromatic nitrogens is 3. The standard InChI is InChI=1S/C39H45N9O3/c1-45-19-21-47(22-20-45)33-13-11-32(12-14-33)41-39(49)40-31-9-7-30(8-10-31)37-42-35-34(44-51-36(35)38(43-37)48-23-25-50-26-24-48)29-15-17-46(18-16-29)27-28-5-3-2-4-6-28/h2-14,29H,15-27H2,1H3,(H2,40,41,49). The molecule has 0 unspecified atom stereocenters. The van der Waals surface area contributed by atoms with Gasteiger partial charge in [0, 0.05) is 74.4 Å². The Morgan fingerprint density at radius 2 is 1.43 bits per heavy atom. The number of ether oxygens (including phenoxy) is 1. The molecule has 0 spiro atoms. The second kappa shape index (κ2) is 15.1. The van der Waals surface area contributed by atoms with Gasteiger partial charge in [0.05, 0.1) is 13.2 Å². The first-order valence-corrected chi connectivity index (χ1v) is 18.0. The summed E-state index contributed by atoms with van der Waals surface area (Å²) in [6, 6.07) is 26.0. The van der Waals surface area contributed by atoms with Crippen LogP contribution in [0.25, 0.3) is 22.5 Å². The molecule has 0 saturated carbocycles. The number of benzene rings is 3. The van der Waals surface area contributed by atoms with Crippen LogP contribution in [-0.4, -0.2) is 104 Å². The number of likely N-dealkylation sites (N-methyl/N-ethyl adjacent to an activating group) is 1. The molecule has 264 valence electrons. The highest BCUT2D eigenvalue weighted by molar-refractivity contribution is 6.00. The number of hydrogen-bond donors (Lipinski definition) is 2. The largest absolute Gasteiger partial charge is 0.378 e. The van der Waals surface area contributed by atoms with Crippen LogP contribution in [-0.2, 0) is 11.3 Å². The lowest BCUT2D eigenvalue weighted by atomic mass is 9.92. The summed E-state index contributed by atoms with van der Waals surface area (Å²) in [5.74, 6) is 1.61. The first-order chi connectivity index (χ1) is 25.1. The van der Waals surface area contributed by atoms with E-state index in [1.165, 1.54) is 11.3 Å². The van der Waals surface area contributed by atoms with E-state index in [4.69, 9.17) is 19.2 Å². The molecule has 2 N–H and O–H groups in total. The minimum Gasteiger partial charge on any atom is -0.378 e. The van der Waals surface area contributed by atoms with E-state index in [0.717, 1.165) is 100 Å². The molecule has 3 aliphatic heterocycles. The van der Waals surface area contributed by atoms with Crippen molar-refractivity contribution in [2.75, 3.05) is 93.1 Å². The van der Waals surface area contributed by atoms with Gasteiger partial charge in [-0.3, -0.25) is 4.90 Å². The van der Waals surface area contributed by atoms with Gasteiger partial charge in [-0.05, 0) is 87.1 Å². The highest BCUT2D eigenvalue weighted by Crippen LogP contribution is 2.36. The Morgan fingerprint density at radius 1 is 0.765 bits per heavy atom. The third-order valence-electron chi connectivity index (χ3n) is 10.3. The molecule has 5 heterocycles. The lowest BCUT2D eigenvalue weighted by Crippen LogP contribution is -2.44. The van der Waals surface area contributed by atoms with Crippen LogP contribution in [0.15, 0.2) is 83.4 Å². The molecule has 0 radical (unpaired) electrons. The molecule has 3 aliphatic rings. The molecule has 12 heteroatoms. The molecule has 3 aromatic carbocycles. The van der Waals surface area contributed by atoms with Crippen LogP contribution in [0.3, 0.4) is 0 Å². The number of urea groups is 1. The smallest absolute Gasteiger partial charge is 0.323 e. The molecule has 0 atom stereocenters. The summed E-state index contributed by atoms with van der Waals surface area (Å²) in [4.78, 5) is 32.4. The van der Waals surface area contributed by atoms with Crippen molar-refractivity contribution in [1.82, 2.24) is 24.9 Å². The van der Waals surface area contributed by atoms with Crippen molar-refractivity contribution in [3.8, 4) is 11.4 Å². The van der Waals surface area contributed by atoms with Crippen LogP contribution in [0.4, 0.5) is 27.7 Å². The number of morpholine rings is 1. The van der Waals surface area contributed by atoms with Crippen molar-refractivity contribution in [3.63, 3.8) is 0 Å². The van der Waals surface area contributed by atoms with Crippen LogP contribution in [0, 0.1) is 0 Å². The van der Waals surface area contributed by atoms with E-state index in [1.54, 1.807) is 0 Å². The summed E-state index contributed by atoms with van der Waals surface area (Å²) < 4.78 is 11.7. The Balaban J connectivity index is 0.965. The number of fused-ring (bicyclic) bond motifs is 1. The molecule has 2 aromatic heterocycles. The average molecular weight is 688 g/mol. The van der Waals surface area contributed by atoms with Gasteiger partial charge in [-0.1, -0.05) is 35.5 Å². The molecule has 8 rings (SSSR count). The molecular weight excluding hydrogens is 642 g/mol. The van der Waals surface area contributed by atoms with Crippen LogP contribution < -0.4 is 20.4 Å². The Hall–Kier alpha value is -5.04. The topological polar surface area (TPSA) is 115 Å². The van der Waals surface area contributed by atoms with Crippen LogP contribution >= 0.6 is 0 Å². The van der Waals surface area contributed by atoms with Gasteiger partial charge in [-0.25, -0.2) is 14.8 Å². The van der Waals surface area contributed by atoms with E-state index in [0.29, 0.717) is 30.3 Å². The Bertz CT molecular complexity index is 1910. The zero-order chi connectivity index (χ0) is 34.6. The Morgan fingerprint density at radius 3 is 2.12 bits per heavy atom. The van der Waals surface area contributed by atoms with Gasteiger partial charge in [0.25, 0.3) is 0 Å². The number of nitrogens with zero attached hydrogens (tertiary/aromatic N) is 7. The summed E-state index contributed by atoms with van der Waals surface area (Å²) in [6.45, 7) is 9.74. The number of nitrogens with one attached hydrogen (secondary N) is 2. The number of piperazine rings is 1. The maximum atomic E-state index is 12.9. The second-order valence-electron chi connectivity index (χ2n) is 13.7. The predicted octanol–water partition coefficient (Wildman–Crippen LogP) is 5.90. The summed E-state index contributed by atoms with van der Waals surface area (Å²) in [6.07, 6.45) is 1.98. The number of anilines is 4. The minimum absolute atomic E-state index is 0.256. The fourth-order valence-electron chi connectivity index (χ4n) is 7.24. The predicted molar refractivity (Wildman–Crippen MR) is 201 cm³/mol. The van der Waals surface area contributed by atoms with Crippen molar-refractivity contribution in [1.29, 1.82) is 0 Å². The van der Waals surface area contributed by atoms with E-state index >= 15 is 0 Å². The summed E-state index contributed by atoms with van der Waals surface area (Å²) in [5, 5.41) is 10.5. The van der Waals surface area contributed by atoms with E-state index in [2.05, 4.69) is 84.9 Å². The molecule has 0 aliphatic carbocycles. The Kier molecular flexibility index (Phi) is 9.78. The van der Waals surface area contributed by atoms with Crippen LogP contribution in [0.5, 0.6) is 0 Å². The van der Waals surface area contributed by atoms with Gasteiger partial charge in [-0.15, -0.1) is 0 Å². The summed E-state index contributed by atoms with van der Waals surface area (Å²) in [5.41, 5.74) is 7.10. The van der Waals surface area contributed by atoms with E-state index < -0.39 is 0 Å². The van der Waals surface area contributed by atoms with Gasteiger partial charge in [0.1, 0.15) is 11.2 Å². The third-order valence-corrected chi connectivity index (χ3v) is 10.3. The molecule has 2 amide bonds. The van der Waals surface area contributed by atoms with E-state index in [1.807, 2.05) is 36.4 Å². The fourth-order valence-corrected chi connectivity index (χ4v) is 7.24. The molecule has 3 saturated heterocycles. The van der Waals surface area contributed by atoms with E-state index in [9.17, 15) is 4.79 Å². The Labute approximate surface area is 298 Å². The SMILES string of the molecule is CN1CCN(c2ccc(NC(=O)Nc3ccc(-c4nc(N5CCOCC5)c5onc(C6CCN(Cc7ccccc7)CC6)c5n4)cc3)cc2)CC1. The van der Waals surface area contributed by atoms with Crippen LogP contribution in [0.1, 0.15) is 30.0 Å². The number of likely N-dealkylation sites (tertiary alicyclic amines) is 1. The van der Waals surface area contributed by atoms with Gasteiger partial charge in [0.15, 0.2) is 11.6 Å². The molecule has 0 bridgehead atoms. The average Bonchev–Trinajstić information content (AvgIpc) is 3.61. The van der Waals surface area contributed by atoms with Gasteiger partial charge in [-0.2, -0.15) is 0 Å². The first-order valence-electron chi connectivity index (χ1n) is 18.0. The van der Waals surface area contributed by atoms with Crippen molar-refractivity contribution in [2.24, 2.45) is 0 Å². The number of carbonyl (C=O) groups excluding carboxylic acids is 1. The monoisotopic (exact) mass is 687 g/mol. The number of amides is 2. The molecule has 12 nitrogen and oxygen atoms in total. The number of carbonyl (C=O) groups is 1. The molecule has 3 fully saturated rings. The number of piperidine rings is 1. The normalized spacial score (nSPS) is 17.9. The van der Waals surface area contributed by atoms with Gasteiger partial charge in [0.2, 0.25) is 5.58 Å². The van der Waals surface area contributed by atoms with Crippen molar-refractivity contribution >= 4 is 40.0 Å². The molecular formula is C39H45N9O3. The first kappa shape index (κ1) is 33.1. The zero-order valence-electron chi connectivity index (χ0n) is 29.1. The lowest BCUT2D eigenvalue weighted by molar-refractivity contribution is 0.122. The maximum Gasteiger partial charge on any atom is 0.323 e. The zero-order valence-corrected chi connectivity index (χ0v) is 29.1. The number of rotatable bonds is 8. The number of hydrogen-bond acceptors (Lipinski definition) is 10. The van der Waals surface area contributed by atoms with Gasteiger partial charge >= 0.3 is 6.03 Å². The summed E-state index contributed by atoms with van der Waals surface area (Å²) in [7, 11) is 2.15. The van der Waals surface area contributed by atoms with Crippen LogP contribution in [0.2, 0.25) is 0 Å². The highest BCUT2D eigenvalue weighted by atomic mass is 16.5. The maximum absolute atomic E-state index is 12.9. The third kappa shape index (κ3) is 7.68. The molecule has 51 heavy (non-hydrogen) atoms. The van der Waals surface area contributed by atoms with Crippen molar-refractivity contribution < 1.29 is 14.1 Å². The van der Waals surface area contributed by atoms with E-state index in [-0.39, 0.29) is 11.9 Å². The highest BCUT2D eigenvalue weighted by Gasteiger charge is 2.29. The van der Waals surface area contributed by atoms with Gasteiger partial charge < -0.3 is 34.6 Å².